The monoisotopic (exact) mass is 278 g/mol. The van der Waals surface area contributed by atoms with Gasteiger partial charge in [0.25, 0.3) is 0 Å². The molecule has 0 amide bonds. The summed E-state index contributed by atoms with van der Waals surface area (Å²) in [4.78, 5) is 7.84. The fourth-order valence-electron chi connectivity index (χ4n) is 2.08. The Bertz CT molecular complexity index is 736. The predicted molar refractivity (Wildman–Crippen MR) is 79.7 cm³/mol. The minimum Gasteiger partial charge on any atom is -0.369 e. The van der Waals surface area contributed by atoms with Crippen LogP contribution in [-0.2, 0) is 6.42 Å². The summed E-state index contributed by atoms with van der Waals surface area (Å²) in [7, 11) is 0. The summed E-state index contributed by atoms with van der Waals surface area (Å²) >= 11 is 0. The van der Waals surface area contributed by atoms with Crippen molar-refractivity contribution < 1.29 is 0 Å². The topological polar surface area (TPSA) is 90.3 Å². The molecule has 0 aliphatic rings. The molecule has 3 rings (SSSR count). The molecule has 0 spiro atoms. The molecule has 0 aliphatic heterocycles. The van der Waals surface area contributed by atoms with Gasteiger partial charge in [-0.25, -0.2) is 4.98 Å². The standard InChI is InChI=1S/C15H14N6/c16-10-11-7-8-14(21-20-11)17-9-3-6-15-18-12-4-1-2-5-13(12)19-15/h1-2,4-5,7-8H,3,6,9H2,(H,17,21)(H,18,19). The zero-order valence-corrected chi connectivity index (χ0v) is 11.4. The minimum atomic E-state index is 0.322. The van der Waals surface area contributed by atoms with Crippen LogP contribution in [0.15, 0.2) is 36.4 Å². The lowest BCUT2D eigenvalue weighted by atomic mass is 10.3. The highest BCUT2D eigenvalue weighted by Gasteiger charge is 2.02. The summed E-state index contributed by atoms with van der Waals surface area (Å²) in [5.41, 5.74) is 2.39. The van der Waals surface area contributed by atoms with Crippen LogP contribution in [-0.4, -0.2) is 26.7 Å². The number of nitrogens with zero attached hydrogens (tertiary/aromatic N) is 4. The molecule has 21 heavy (non-hydrogen) atoms. The van der Waals surface area contributed by atoms with Crippen molar-refractivity contribution >= 4 is 16.9 Å². The molecule has 0 atom stereocenters. The van der Waals surface area contributed by atoms with Crippen LogP contribution < -0.4 is 5.32 Å². The molecule has 2 heterocycles. The van der Waals surface area contributed by atoms with Crippen LogP contribution >= 0.6 is 0 Å². The maximum absolute atomic E-state index is 8.65. The molecular weight excluding hydrogens is 264 g/mol. The van der Waals surface area contributed by atoms with Crippen molar-refractivity contribution in [3.63, 3.8) is 0 Å². The van der Waals surface area contributed by atoms with Crippen molar-refractivity contribution in [2.24, 2.45) is 0 Å². The van der Waals surface area contributed by atoms with E-state index in [9.17, 15) is 0 Å². The van der Waals surface area contributed by atoms with Gasteiger partial charge in [-0.05, 0) is 30.7 Å². The van der Waals surface area contributed by atoms with Crippen LogP contribution in [0.25, 0.3) is 11.0 Å². The first kappa shape index (κ1) is 13.1. The van der Waals surface area contributed by atoms with Crippen LogP contribution in [0.3, 0.4) is 0 Å². The number of para-hydroxylation sites is 2. The van der Waals surface area contributed by atoms with E-state index in [0.29, 0.717) is 11.5 Å². The average Bonchev–Trinajstić information content (AvgIpc) is 2.95. The van der Waals surface area contributed by atoms with Crippen LogP contribution in [0.1, 0.15) is 17.9 Å². The molecule has 104 valence electrons. The summed E-state index contributed by atoms with van der Waals surface area (Å²) in [5.74, 6) is 1.67. The first-order valence-corrected chi connectivity index (χ1v) is 6.76. The highest BCUT2D eigenvalue weighted by atomic mass is 15.2. The number of anilines is 1. The van der Waals surface area contributed by atoms with E-state index >= 15 is 0 Å². The molecule has 0 saturated heterocycles. The van der Waals surface area contributed by atoms with Crippen molar-refractivity contribution in [2.45, 2.75) is 12.8 Å². The van der Waals surface area contributed by atoms with Gasteiger partial charge in [0.05, 0.1) is 11.0 Å². The average molecular weight is 278 g/mol. The van der Waals surface area contributed by atoms with E-state index in [1.54, 1.807) is 12.1 Å². The molecule has 6 nitrogen and oxygen atoms in total. The second kappa shape index (κ2) is 6.01. The molecule has 0 fully saturated rings. The Balaban J connectivity index is 1.50. The summed E-state index contributed by atoms with van der Waals surface area (Å²) < 4.78 is 0. The van der Waals surface area contributed by atoms with Crippen molar-refractivity contribution in [1.29, 1.82) is 5.26 Å². The van der Waals surface area contributed by atoms with Gasteiger partial charge in [0.2, 0.25) is 0 Å². The quantitative estimate of drug-likeness (QED) is 0.699. The number of nitriles is 1. The molecular formula is C15H14N6. The Morgan fingerprint density at radius 2 is 2.05 bits per heavy atom. The van der Waals surface area contributed by atoms with Gasteiger partial charge < -0.3 is 10.3 Å². The Labute approximate surface area is 121 Å². The molecule has 0 unspecified atom stereocenters. The number of benzene rings is 1. The summed E-state index contributed by atoms with van der Waals surface area (Å²) in [6, 6.07) is 13.3. The van der Waals surface area contributed by atoms with Gasteiger partial charge in [-0.15, -0.1) is 10.2 Å². The van der Waals surface area contributed by atoms with Gasteiger partial charge in [-0.2, -0.15) is 5.26 Å². The number of nitrogens with one attached hydrogen (secondary N) is 2. The fourth-order valence-corrected chi connectivity index (χ4v) is 2.08. The second-order valence-corrected chi connectivity index (χ2v) is 4.65. The first-order chi connectivity index (χ1) is 10.3. The molecule has 0 aliphatic carbocycles. The highest BCUT2D eigenvalue weighted by Crippen LogP contribution is 2.11. The zero-order valence-electron chi connectivity index (χ0n) is 11.4. The highest BCUT2D eigenvalue weighted by molar-refractivity contribution is 5.74. The normalized spacial score (nSPS) is 10.4. The van der Waals surface area contributed by atoms with Crippen molar-refractivity contribution in [2.75, 3.05) is 11.9 Å². The van der Waals surface area contributed by atoms with Gasteiger partial charge in [0.15, 0.2) is 5.69 Å². The lowest BCUT2D eigenvalue weighted by Crippen LogP contribution is -2.06. The number of aromatic nitrogens is 4. The fraction of sp³-hybridized carbons (Fsp3) is 0.200. The predicted octanol–water partition coefficient (Wildman–Crippen LogP) is 2.27. The maximum atomic E-state index is 8.65. The molecule has 2 aromatic heterocycles. The van der Waals surface area contributed by atoms with Gasteiger partial charge in [-0.3, -0.25) is 0 Å². The van der Waals surface area contributed by atoms with Gasteiger partial charge in [-0.1, -0.05) is 12.1 Å². The van der Waals surface area contributed by atoms with E-state index in [0.717, 1.165) is 36.2 Å². The number of H-pyrrole nitrogens is 1. The molecule has 1 aromatic carbocycles. The van der Waals surface area contributed by atoms with E-state index < -0.39 is 0 Å². The molecule has 0 bridgehead atoms. The third-order valence-electron chi connectivity index (χ3n) is 3.11. The summed E-state index contributed by atoms with van der Waals surface area (Å²) in [6.45, 7) is 0.775. The lowest BCUT2D eigenvalue weighted by molar-refractivity contribution is 0.814. The molecule has 3 aromatic rings. The number of aromatic amines is 1. The summed E-state index contributed by atoms with van der Waals surface area (Å²) in [5, 5.41) is 19.5. The molecule has 0 saturated carbocycles. The van der Waals surface area contributed by atoms with Crippen molar-refractivity contribution in [3.05, 3.63) is 47.9 Å². The lowest BCUT2D eigenvalue weighted by Gasteiger charge is -2.03. The van der Waals surface area contributed by atoms with Gasteiger partial charge in [0, 0.05) is 13.0 Å². The Kier molecular flexibility index (Phi) is 3.74. The second-order valence-electron chi connectivity index (χ2n) is 4.65. The van der Waals surface area contributed by atoms with Gasteiger partial charge >= 0.3 is 0 Å². The first-order valence-electron chi connectivity index (χ1n) is 6.76. The van der Waals surface area contributed by atoms with Crippen LogP contribution in [0, 0.1) is 11.3 Å². The minimum absolute atomic E-state index is 0.322. The number of hydrogen-bond donors (Lipinski definition) is 2. The Hall–Kier alpha value is -2.94. The smallest absolute Gasteiger partial charge is 0.163 e. The van der Waals surface area contributed by atoms with E-state index in [2.05, 4.69) is 25.5 Å². The number of hydrogen-bond acceptors (Lipinski definition) is 5. The SMILES string of the molecule is N#Cc1ccc(NCCCc2nc3ccccc3[nH]2)nn1. The summed E-state index contributed by atoms with van der Waals surface area (Å²) in [6.07, 6.45) is 1.80. The number of imidazole rings is 1. The largest absolute Gasteiger partial charge is 0.369 e. The van der Waals surface area contributed by atoms with Crippen molar-refractivity contribution in [3.8, 4) is 6.07 Å². The van der Waals surface area contributed by atoms with E-state index in [1.165, 1.54) is 0 Å². The van der Waals surface area contributed by atoms with Crippen LogP contribution in [0.5, 0.6) is 0 Å². The third-order valence-corrected chi connectivity index (χ3v) is 3.11. The number of rotatable bonds is 5. The van der Waals surface area contributed by atoms with E-state index in [1.807, 2.05) is 30.3 Å². The van der Waals surface area contributed by atoms with Crippen LogP contribution in [0.2, 0.25) is 0 Å². The number of fused-ring (bicyclic) bond motifs is 1. The molecule has 2 N–H and O–H groups in total. The molecule has 6 heteroatoms. The van der Waals surface area contributed by atoms with E-state index in [-0.39, 0.29) is 0 Å². The number of aryl methyl sites for hydroxylation is 1. The Morgan fingerprint density at radius 3 is 2.81 bits per heavy atom. The van der Waals surface area contributed by atoms with Crippen molar-refractivity contribution in [1.82, 2.24) is 20.2 Å². The third kappa shape index (κ3) is 3.15. The maximum Gasteiger partial charge on any atom is 0.163 e. The zero-order chi connectivity index (χ0) is 14.5. The molecule has 0 radical (unpaired) electrons. The Morgan fingerprint density at radius 1 is 1.14 bits per heavy atom. The van der Waals surface area contributed by atoms with E-state index in [4.69, 9.17) is 5.26 Å². The van der Waals surface area contributed by atoms with Gasteiger partial charge in [0.1, 0.15) is 17.7 Å². The van der Waals surface area contributed by atoms with Crippen LogP contribution in [0.4, 0.5) is 5.82 Å².